The number of rotatable bonds is 9. The Bertz CT molecular complexity index is 1850. The van der Waals surface area contributed by atoms with Gasteiger partial charge in [-0.1, -0.05) is 72.5 Å². The zero-order valence-corrected chi connectivity index (χ0v) is 24.3. The lowest BCUT2D eigenvalue weighted by atomic mass is 10.0. The first-order valence-electron chi connectivity index (χ1n) is 12.5. The number of pyridine rings is 1. The van der Waals surface area contributed by atoms with Gasteiger partial charge in [0.2, 0.25) is 0 Å². The van der Waals surface area contributed by atoms with Crippen molar-refractivity contribution >= 4 is 49.9 Å². The third kappa shape index (κ3) is 6.07. The highest BCUT2D eigenvalue weighted by Crippen LogP contribution is 2.34. The van der Waals surface area contributed by atoms with Crippen molar-refractivity contribution in [1.82, 2.24) is 10.1 Å². The van der Waals surface area contributed by atoms with Crippen LogP contribution in [0.2, 0.25) is 10.0 Å². The van der Waals surface area contributed by atoms with Crippen LogP contribution in [-0.2, 0) is 22.2 Å². The molecule has 0 saturated carbocycles. The molecule has 1 N–H and O–H groups in total. The fraction of sp³-hybridized carbons (Fsp3) is 0.167. The Hall–Kier alpha value is -3.92. The summed E-state index contributed by atoms with van der Waals surface area (Å²) in [4.78, 5) is 15.2. The van der Waals surface area contributed by atoms with Crippen LogP contribution >= 0.6 is 23.2 Å². The molecule has 2 heterocycles. The van der Waals surface area contributed by atoms with Crippen LogP contribution in [0, 0.1) is 0 Å². The monoisotopic (exact) mass is 610 g/mol. The Morgan fingerprint density at radius 2 is 1.66 bits per heavy atom. The van der Waals surface area contributed by atoms with Crippen LogP contribution in [0.1, 0.15) is 47.3 Å². The van der Waals surface area contributed by atoms with Crippen molar-refractivity contribution in [3.63, 3.8) is 0 Å². The first kappa shape index (κ1) is 28.6. The van der Waals surface area contributed by atoms with Crippen LogP contribution in [0.15, 0.2) is 82.2 Å². The summed E-state index contributed by atoms with van der Waals surface area (Å²) in [7, 11) is -3.93. The van der Waals surface area contributed by atoms with Crippen LogP contribution in [0.25, 0.3) is 22.0 Å². The van der Waals surface area contributed by atoms with Gasteiger partial charge in [0.1, 0.15) is 40.2 Å². The second-order valence-electron chi connectivity index (χ2n) is 9.66. The second kappa shape index (κ2) is 11.5. The lowest BCUT2D eigenvalue weighted by molar-refractivity contribution is 0.0691. The average molecular weight is 612 g/mol. The molecular weight excluding hydrogens is 587 g/mol. The van der Waals surface area contributed by atoms with Crippen molar-refractivity contribution in [2.45, 2.75) is 37.0 Å². The highest BCUT2D eigenvalue weighted by molar-refractivity contribution is 7.90. The maximum Gasteiger partial charge on any atom is 0.354 e. The van der Waals surface area contributed by atoms with Crippen molar-refractivity contribution in [3.05, 3.63) is 106 Å². The molecule has 3 aromatic carbocycles. The molecule has 5 aromatic rings. The first-order chi connectivity index (χ1) is 19.5. The van der Waals surface area contributed by atoms with Gasteiger partial charge < -0.3 is 14.4 Å². The van der Waals surface area contributed by atoms with Gasteiger partial charge in [0.15, 0.2) is 9.84 Å². The molecule has 210 valence electrons. The zero-order chi connectivity index (χ0) is 29.3. The van der Waals surface area contributed by atoms with E-state index in [-0.39, 0.29) is 38.9 Å². The molecule has 0 unspecified atom stereocenters. The zero-order valence-electron chi connectivity index (χ0n) is 22.0. The topological polar surface area (TPSA) is 120 Å². The van der Waals surface area contributed by atoms with E-state index < -0.39 is 21.6 Å². The summed E-state index contributed by atoms with van der Waals surface area (Å²) in [5.74, 6) is -0.473. The molecule has 2 aromatic heterocycles. The number of carboxylic acids is 1. The summed E-state index contributed by atoms with van der Waals surface area (Å²) < 4.78 is 38.0. The molecule has 0 bridgehead atoms. The van der Waals surface area contributed by atoms with Gasteiger partial charge >= 0.3 is 5.97 Å². The second-order valence-corrected chi connectivity index (χ2v) is 12.4. The van der Waals surface area contributed by atoms with Gasteiger partial charge in [0.25, 0.3) is 0 Å². The SMILES string of the molecule is CC(C)c1onc(CS(=O)(=O)c2c(Cl)cccc2Cl)c1COc1ccc(-c2ccc3nc(C(=O)O)ccc3c2)cc1. The van der Waals surface area contributed by atoms with Crippen LogP contribution in [0.3, 0.4) is 0 Å². The number of hydrogen-bond acceptors (Lipinski definition) is 7. The molecule has 0 aliphatic heterocycles. The van der Waals surface area contributed by atoms with Crippen LogP contribution < -0.4 is 4.74 Å². The normalized spacial score (nSPS) is 11.7. The molecular formula is C30H24Cl2N2O6S. The fourth-order valence-electron chi connectivity index (χ4n) is 4.43. The molecule has 0 aliphatic carbocycles. The highest BCUT2D eigenvalue weighted by atomic mass is 35.5. The Labute approximate surface area is 246 Å². The van der Waals surface area contributed by atoms with Gasteiger partial charge in [-0.2, -0.15) is 0 Å². The molecule has 0 fully saturated rings. The van der Waals surface area contributed by atoms with Crippen LogP contribution in [0.4, 0.5) is 0 Å². The summed E-state index contributed by atoms with van der Waals surface area (Å²) >= 11 is 12.3. The molecule has 8 nitrogen and oxygen atoms in total. The van der Waals surface area contributed by atoms with Gasteiger partial charge in [-0.25, -0.2) is 18.2 Å². The minimum absolute atomic E-state index is 0.00591. The van der Waals surface area contributed by atoms with Gasteiger partial charge in [-0.15, -0.1) is 0 Å². The molecule has 0 spiro atoms. The number of carboxylic acid groups (broad SMARTS) is 1. The summed E-state index contributed by atoms with van der Waals surface area (Å²) in [6.45, 7) is 3.89. The number of nitrogens with zero attached hydrogens (tertiary/aromatic N) is 2. The maximum atomic E-state index is 13.2. The maximum absolute atomic E-state index is 13.2. The van der Waals surface area contributed by atoms with Gasteiger partial charge in [-0.3, -0.25) is 0 Å². The summed E-state index contributed by atoms with van der Waals surface area (Å²) in [6, 6.07) is 20.8. The van der Waals surface area contributed by atoms with Gasteiger partial charge in [-0.05, 0) is 53.6 Å². The smallest absolute Gasteiger partial charge is 0.354 e. The minimum atomic E-state index is -3.93. The van der Waals surface area contributed by atoms with E-state index in [9.17, 15) is 13.2 Å². The molecule has 0 saturated heterocycles. The van der Waals surface area contributed by atoms with Crippen molar-refractivity contribution in [2.24, 2.45) is 0 Å². The summed E-state index contributed by atoms with van der Waals surface area (Å²) in [5.41, 5.74) is 3.24. The molecule has 0 aliphatic rings. The number of aromatic nitrogens is 2. The molecule has 5 rings (SSSR count). The predicted molar refractivity (Wildman–Crippen MR) is 156 cm³/mol. The Morgan fingerprint density at radius 3 is 2.32 bits per heavy atom. The van der Waals surface area contributed by atoms with E-state index in [1.165, 1.54) is 18.2 Å². The van der Waals surface area contributed by atoms with Crippen LogP contribution in [0.5, 0.6) is 5.75 Å². The molecule has 41 heavy (non-hydrogen) atoms. The largest absolute Gasteiger partial charge is 0.489 e. The highest BCUT2D eigenvalue weighted by Gasteiger charge is 2.28. The molecule has 0 radical (unpaired) electrons. The number of aromatic carboxylic acids is 1. The van der Waals surface area contributed by atoms with E-state index in [4.69, 9.17) is 37.6 Å². The Balaban J connectivity index is 1.35. The standard InChI is InChI=1S/C30H24Cl2N2O6S/c1-17(2)28-22(27(34-40-28)16-41(37,38)29-23(31)4-3-5-24(29)32)15-39-21-10-6-18(7-11-21)19-8-12-25-20(14-19)9-13-26(33-25)30(35)36/h3-14,17H,15-16H2,1-2H3,(H,35,36). The summed E-state index contributed by atoms with van der Waals surface area (Å²) in [5, 5.41) is 14.1. The summed E-state index contributed by atoms with van der Waals surface area (Å²) in [6.07, 6.45) is 0. The van der Waals surface area contributed by atoms with Crippen molar-refractivity contribution in [3.8, 4) is 16.9 Å². The average Bonchev–Trinajstić information content (AvgIpc) is 3.33. The molecule has 11 heteroatoms. The van der Waals surface area contributed by atoms with Crippen LogP contribution in [-0.4, -0.2) is 29.6 Å². The lowest BCUT2D eigenvalue weighted by Gasteiger charge is -2.11. The van der Waals surface area contributed by atoms with E-state index >= 15 is 0 Å². The Kier molecular flexibility index (Phi) is 8.04. The van der Waals surface area contributed by atoms with Crippen molar-refractivity contribution in [1.29, 1.82) is 0 Å². The number of fused-ring (bicyclic) bond motifs is 1. The molecule has 0 atom stereocenters. The van der Waals surface area contributed by atoms with Crippen molar-refractivity contribution in [2.75, 3.05) is 0 Å². The predicted octanol–water partition coefficient (Wildman–Crippen LogP) is 7.57. The number of carbonyl (C=O) groups is 1. The van der Waals surface area contributed by atoms with Gasteiger partial charge in [0, 0.05) is 11.3 Å². The number of sulfone groups is 1. The fourth-order valence-corrected chi connectivity index (χ4v) is 7.00. The Morgan fingerprint density at radius 1 is 0.976 bits per heavy atom. The van der Waals surface area contributed by atoms with E-state index in [1.807, 2.05) is 50.2 Å². The number of ether oxygens (including phenoxy) is 1. The van der Waals surface area contributed by atoms with E-state index in [0.717, 1.165) is 16.5 Å². The number of halogens is 2. The third-order valence-corrected chi connectivity index (χ3v) is 9.03. The third-order valence-electron chi connectivity index (χ3n) is 6.46. The number of hydrogen-bond donors (Lipinski definition) is 1. The quantitative estimate of drug-likeness (QED) is 0.181. The minimum Gasteiger partial charge on any atom is -0.489 e. The molecule has 0 amide bonds. The van der Waals surface area contributed by atoms with E-state index in [0.29, 0.717) is 22.6 Å². The first-order valence-corrected chi connectivity index (χ1v) is 15.0. The van der Waals surface area contributed by atoms with E-state index in [1.54, 1.807) is 18.2 Å². The van der Waals surface area contributed by atoms with Crippen molar-refractivity contribution < 1.29 is 27.6 Å². The number of benzene rings is 3. The van der Waals surface area contributed by atoms with Gasteiger partial charge in [0.05, 0.1) is 21.1 Å². The lowest BCUT2D eigenvalue weighted by Crippen LogP contribution is -2.10. The van der Waals surface area contributed by atoms with E-state index in [2.05, 4.69) is 10.1 Å².